The Hall–Kier alpha value is 0.220. The Morgan fingerprint density at radius 2 is 2.08 bits per heavy atom. The first-order chi connectivity index (χ1) is 6.28. The largest absolute Gasteiger partial charge is 0.0837 e. The van der Waals surface area contributed by atoms with Crippen molar-refractivity contribution in [2.75, 3.05) is 0 Å². The third-order valence-corrected chi connectivity index (χ3v) is 6.31. The molecule has 13 heavy (non-hydrogen) atoms. The van der Waals surface area contributed by atoms with Crippen molar-refractivity contribution in [3.05, 3.63) is 12.2 Å². The van der Waals surface area contributed by atoms with Crippen molar-refractivity contribution in [1.82, 2.24) is 0 Å². The van der Waals surface area contributed by atoms with Gasteiger partial charge in [0.1, 0.15) is 0 Å². The van der Waals surface area contributed by atoms with E-state index < -0.39 is 0 Å². The van der Waals surface area contributed by atoms with Gasteiger partial charge in [-0.2, -0.15) is 0 Å². The molecular weight excluding hydrogens is 224 g/mol. The minimum Gasteiger partial charge on any atom is -0.0837 e. The lowest BCUT2D eigenvalue weighted by atomic mass is 9.73. The normalized spacial score (nSPS) is 66.4. The molecule has 0 radical (unpaired) electrons. The summed E-state index contributed by atoms with van der Waals surface area (Å²) in [6.45, 7) is 0. The fraction of sp³-hybridized carbons (Fsp3) is 0.833. The van der Waals surface area contributed by atoms with E-state index in [0.29, 0.717) is 4.32 Å². The van der Waals surface area contributed by atoms with Gasteiger partial charge >= 0.3 is 0 Å². The zero-order valence-electron chi connectivity index (χ0n) is 7.75. The SMILES string of the molecule is BrC12C=CC(C1)C1C3CCC(C3)C12. The molecule has 3 saturated carbocycles. The van der Waals surface area contributed by atoms with Crippen LogP contribution in [0.5, 0.6) is 0 Å². The minimum absolute atomic E-state index is 0.447. The highest BCUT2D eigenvalue weighted by Crippen LogP contribution is 2.69. The average molecular weight is 239 g/mol. The molecule has 70 valence electrons. The summed E-state index contributed by atoms with van der Waals surface area (Å²) in [5.74, 6) is 5.21. The summed E-state index contributed by atoms with van der Waals surface area (Å²) in [6.07, 6.45) is 11.0. The number of hydrogen-bond donors (Lipinski definition) is 0. The first kappa shape index (κ1) is 7.50. The monoisotopic (exact) mass is 238 g/mol. The number of fused-ring (bicyclic) bond motifs is 9. The van der Waals surface area contributed by atoms with E-state index in [1.165, 1.54) is 12.8 Å². The van der Waals surface area contributed by atoms with Crippen molar-refractivity contribution in [1.29, 1.82) is 0 Å². The summed E-state index contributed by atoms with van der Waals surface area (Å²) < 4.78 is 0.447. The van der Waals surface area contributed by atoms with Crippen molar-refractivity contribution in [2.45, 2.75) is 30.0 Å². The van der Waals surface area contributed by atoms with Gasteiger partial charge in [-0.05, 0) is 55.3 Å². The van der Waals surface area contributed by atoms with Gasteiger partial charge in [0.15, 0.2) is 0 Å². The van der Waals surface area contributed by atoms with Crippen LogP contribution in [0.3, 0.4) is 0 Å². The van der Waals surface area contributed by atoms with E-state index in [9.17, 15) is 0 Å². The van der Waals surface area contributed by atoms with E-state index in [1.807, 2.05) is 0 Å². The Morgan fingerprint density at radius 1 is 1.23 bits per heavy atom. The van der Waals surface area contributed by atoms with E-state index in [1.54, 1.807) is 12.8 Å². The van der Waals surface area contributed by atoms with Crippen LogP contribution in [0.25, 0.3) is 0 Å². The molecule has 4 aliphatic rings. The van der Waals surface area contributed by atoms with E-state index >= 15 is 0 Å². The van der Waals surface area contributed by atoms with Gasteiger partial charge in [0.05, 0.1) is 0 Å². The van der Waals surface area contributed by atoms with Gasteiger partial charge in [-0.3, -0.25) is 0 Å². The molecule has 6 unspecified atom stereocenters. The molecule has 0 spiro atoms. The highest BCUT2D eigenvalue weighted by molar-refractivity contribution is 9.10. The second-order valence-electron chi connectivity index (χ2n) is 5.59. The molecule has 0 saturated heterocycles. The van der Waals surface area contributed by atoms with E-state index in [2.05, 4.69) is 28.1 Å². The predicted octanol–water partition coefficient (Wildman–Crippen LogP) is 3.37. The van der Waals surface area contributed by atoms with Gasteiger partial charge in [0.25, 0.3) is 0 Å². The molecular formula is C12H15Br. The third-order valence-electron chi connectivity index (χ3n) is 5.20. The van der Waals surface area contributed by atoms with Crippen molar-refractivity contribution in [3.8, 4) is 0 Å². The topological polar surface area (TPSA) is 0 Å². The zero-order valence-corrected chi connectivity index (χ0v) is 9.33. The summed E-state index contributed by atoms with van der Waals surface area (Å²) in [5.41, 5.74) is 0. The fourth-order valence-electron chi connectivity index (χ4n) is 4.96. The minimum atomic E-state index is 0.447. The summed E-state index contributed by atoms with van der Waals surface area (Å²) >= 11 is 4.01. The molecule has 0 aromatic carbocycles. The number of rotatable bonds is 0. The molecule has 4 rings (SSSR count). The van der Waals surface area contributed by atoms with Gasteiger partial charge < -0.3 is 0 Å². The Balaban J connectivity index is 1.85. The van der Waals surface area contributed by atoms with Crippen LogP contribution in [0.2, 0.25) is 0 Å². The molecule has 0 amide bonds. The lowest BCUT2D eigenvalue weighted by Crippen LogP contribution is -2.33. The molecule has 6 atom stereocenters. The molecule has 0 aromatic heterocycles. The molecule has 0 N–H and O–H groups in total. The van der Waals surface area contributed by atoms with Crippen LogP contribution < -0.4 is 0 Å². The van der Waals surface area contributed by atoms with Crippen molar-refractivity contribution < 1.29 is 0 Å². The fourth-order valence-corrected chi connectivity index (χ4v) is 6.16. The van der Waals surface area contributed by atoms with Crippen LogP contribution in [-0.4, -0.2) is 4.32 Å². The summed E-state index contributed by atoms with van der Waals surface area (Å²) in [4.78, 5) is 0. The smallest absolute Gasteiger partial charge is 0.0476 e. The molecule has 0 heterocycles. The second kappa shape index (κ2) is 2.08. The maximum Gasteiger partial charge on any atom is 0.0476 e. The number of hydrogen-bond acceptors (Lipinski definition) is 0. The third kappa shape index (κ3) is 0.716. The molecule has 4 aliphatic carbocycles. The first-order valence-electron chi connectivity index (χ1n) is 5.66. The quantitative estimate of drug-likeness (QED) is 0.345. The predicted molar refractivity (Wildman–Crippen MR) is 56.7 cm³/mol. The molecule has 0 nitrogen and oxygen atoms in total. The van der Waals surface area contributed by atoms with Gasteiger partial charge in [-0.25, -0.2) is 0 Å². The Labute approximate surface area is 87.9 Å². The maximum atomic E-state index is 4.01. The van der Waals surface area contributed by atoms with Crippen LogP contribution in [0, 0.1) is 29.6 Å². The van der Waals surface area contributed by atoms with Crippen molar-refractivity contribution in [2.24, 2.45) is 29.6 Å². The zero-order chi connectivity index (χ0) is 8.63. The molecule has 0 aromatic rings. The van der Waals surface area contributed by atoms with Crippen LogP contribution >= 0.6 is 15.9 Å². The highest BCUT2D eigenvalue weighted by Gasteiger charge is 2.63. The molecule has 4 bridgehead atoms. The van der Waals surface area contributed by atoms with E-state index in [0.717, 1.165) is 29.6 Å². The van der Waals surface area contributed by atoms with Gasteiger partial charge in [-0.1, -0.05) is 28.1 Å². The van der Waals surface area contributed by atoms with Gasteiger partial charge in [0, 0.05) is 4.32 Å². The molecule has 0 aliphatic heterocycles. The van der Waals surface area contributed by atoms with Gasteiger partial charge in [-0.15, -0.1) is 0 Å². The van der Waals surface area contributed by atoms with E-state index in [-0.39, 0.29) is 0 Å². The van der Waals surface area contributed by atoms with Crippen LogP contribution in [-0.2, 0) is 0 Å². The van der Waals surface area contributed by atoms with Crippen LogP contribution in [0.15, 0.2) is 12.2 Å². The standard InChI is InChI=1S/C12H15Br/c13-12-4-3-9(6-12)10-7-1-2-8(5-7)11(10)12/h3-4,7-11H,1-2,5-6H2. The molecule has 1 heteroatoms. The number of allylic oxidation sites excluding steroid dienone is 2. The average Bonchev–Trinajstić information content (AvgIpc) is 2.76. The van der Waals surface area contributed by atoms with Crippen molar-refractivity contribution >= 4 is 15.9 Å². The lowest BCUT2D eigenvalue weighted by molar-refractivity contribution is 0.217. The Morgan fingerprint density at radius 3 is 2.92 bits per heavy atom. The maximum absolute atomic E-state index is 4.01. The van der Waals surface area contributed by atoms with Crippen LogP contribution in [0.1, 0.15) is 25.7 Å². The summed E-state index contributed by atoms with van der Waals surface area (Å²) in [6, 6.07) is 0. The summed E-state index contributed by atoms with van der Waals surface area (Å²) in [7, 11) is 0. The van der Waals surface area contributed by atoms with Gasteiger partial charge in [0.2, 0.25) is 0 Å². The molecule has 3 fully saturated rings. The Kier molecular flexibility index (Phi) is 1.20. The Bertz CT molecular complexity index is 295. The number of halogens is 1. The number of alkyl halides is 1. The highest BCUT2D eigenvalue weighted by atomic mass is 79.9. The van der Waals surface area contributed by atoms with Crippen molar-refractivity contribution in [3.63, 3.8) is 0 Å². The second-order valence-corrected chi connectivity index (χ2v) is 7.07. The lowest BCUT2D eigenvalue weighted by Gasteiger charge is -2.35. The van der Waals surface area contributed by atoms with Crippen LogP contribution in [0.4, 0.5) is 0 Å². The summed E-state index contributed by atoms with van der Waals surface area (Å²) in [5, 5.41) is 0. The first-order valence-corrected chi connectivity index (χ1v) is 6.45. The van der Waals surface area contributed by atoms with E-state index in [4.69, 9.17) is 0 Å².